The molecule has 0 fully saturated rings. The van der Waals surface area contributed by atoms with E-state index in [1.54, 1.807) is 44.6 Å². The quantitative estimate of drug-likeness (QED) is 0.597. The van der Waals surface area contributed by atoms with Crippen LogP contribution in [0.3, 0.4) is 0 Å². The number of carbonyl (C=O) groups is 1. The van der Waals surface area contributed by atoms with E-state index in [1.165, 1.54) is 0 Å². The summed E-state index contributed by atoms with van der Waals surface area (Å²) in [7, 11) is 3.21. The average molecular weight is 364 g/mol. The Labute approximate surface area is 160 Å². The smallest absolute Gasteiger partial charge is 0.266 e. The van der Waals surface area contributed by atoms with E-state index >= 15 is 0 Å². The molecule has 0 aromatic heterocycles. The number of anilines is 1. The molecule has 0 unspecified atom stereocenters. The number of amides is 1. The third-order valence-corrected chi connectivity index (χ3v) is 4.25. The van der Waals surface area contributed by atoms with Crippen LogP contribution in [0.4, 0.5) is 5.69 Å². The Bertz CT molecular complexity index is 891. The Hall–Kier alpha value is -3.26. The van der Waals surface area contributed by atoms with Gasteiger partial charge in [0.15, 0.2) is 0 Å². The molecule has 0 atom stereocenters. The van der Waals surface area contributed by atoms with Crippen molar-refractivity contribution in [3.63, 3.8) is 0 Å². The monoisotopic (exact) mass is 364 g/mol. The number of ether oxygens (including phenoxy) is 2. The van der Waals surface area contributed by atoms with E-state index in [0.717, 1.165) is 22.4 Å². The lowest BCUT2D eigenvalue weighted by molar-refractivity contribution is -0.112. The number of methoxy groups -OCH3 is 2. The van der Waals surface area contributed by atoms with Crippen LogP contribution in [0.2, 0.25) is 0 Å². The normalized spacial score (nSPS) is 11.1. The lowest BCUT2D eigenvalue weighted by Crippen LogP contribution is -2.13. The number of carbonyl (C=O) groups excluding carboxylic acids is 1. The Kier molecular flexibility index (Phi) is 6.62. The van der Waals surface area contributed by atoms with Crippen LogP contribution < -0.4 is 14.8 Å². The van der Waals surface area contributed by atoms with Crippen LogP contribution in [0.15, 0.2) is 42.0 Å². The number of nitrogens with one attached hydrogen (secondary N) is 1. The van der Waals surface area contributed by atoms with Crippen molar-refractivity contribution in [1.82, 2.24) is 0 Å². The van der Waals surface area contributed by atoms with E-state index < -0.39 is 5.91 Å². The summed E-state index contributed by atoms with van der Waals surface area (Å²) in [4.78, 5) is 12.5. The van der Waals surface area contributed by atoms with Gasteiger partial charge in [-0.15, -0.1) is 0 Å². The molecule has 1 amide bonds. The highest BCUT2D eigenvalue weighted by Crippen LogP contribution is 2.30. The minimum Gasteiger partial charge on any atom is -0.497 e. The Morgan fingerprint density at radius 1 is 1.15 bits per heavy atom. The lowest BCUT2D eigenvalue weighted by atomic mass is 9.95. The van der Waals surface area contributed by atoms with Gasteiger partial charge in [-0.05, 0) is 72.0 Å². The van der Waals surface area contributed by atoms with Crippen molar-refractivity contribution in [2.45, 2.75) is 26.7 Å². The highest BCUT2D eigenvalue weighted by atomic mass is 16.5. The second-order valence-electron chi connectivity index (χ2n) is 6.46. The molecular formula is C22H24N2O3. The number of nitriles is 1. The number of aryl methyl sites for hydroxylation is 1. The molecule has 0 spiro atoms. The van der Waals surface area contributed by atoms with Crippen LogP contribution in [0.5, 0.6) is 11.5 Å². The molecule has 0 aliphatic heterocycles. The van der Waals surface area contributed by atoms with Crippen LogP contribution in [0, 0.1) is 18.3 Å². The third kappa shape index (κ3) is 4.89. The van der Waals surface area contributed by atoms with Gasteiger partial charge >= 0.3 is 0 Å². The molecule has 27 heavy (non-hydrogen) atoms. The molecule has 5 heteroatoms. The highest BCUT2D eigenvalue weighted by molar-refractivity contribution is 6.09. The van der Waals surface area contributed by atoms with Crippen molar-refractivity contribution in [1.29, 1.82) is 5.26 Å². The van der Waals surface area contributed by atoms with E-state index in [-0.39, 0.29) is 11.5 Å². The molecule has 0 bridgehead atoms. The molecule has 0 saturated heterocycles. The SMILES string of the molecule is COc1ccc(NC(=O)/C(C#N)=C/c2cc(C(C)C)c(OC)cc2C)cc1. The van der Waals surface area contributed by atoms with Crippen LogP contribution >= 0.6 is 0 Å². The van der Waals surface area contributed by atoms with Gasteiger partial charge in [0.2, 0.25) is 0 Å². The standard InChI is InChI=1S/C22H24N2O3/c1-14(2)20-12-16(15(3)10-21(20)27-5)11-17(13-23)22(25)24-18-6-8-19(26-4)9-7-18/h6-12,14H,1-5H3,(H,24,25)/b17-11+. The number of benzene rings is 2. The topological polar surface area (TPSA) is 71.3 Å². The second-order valence-corrected chi connectivity index (χ2v) is 6.46. The van der Waals surface area contributed by atoms with Gasteiger partial charge in [0.1, 0.15) is 23.1 Å². The van der Waals surface area contributed by atoms with Crippen LogP contribution in [0.25, 0.3) is 6.08 Å². The van der Waals surface area contributed by atoms with E-state index in [2.05, 4.69) is 19.2 Å². The van der Waals surface area contributed by atoms with E-state index in [4.69, 9.17) is 9.47 Å². The largest absolute Gasteiger partial charge is 0.497 e. The maximum atomic E-state index is 12.5. The van der Waals surface area contributed by atoms with E-state index in [1.807, 2.05) is 25.1 Å². The summed E-state index contributed by atoms with van der Waals surface area (Å²) < 4.78 is 10.5. The van der Waals surface area contributed by atoms with E-state index in [9.17, 15) is 10.1 Å². The van der Waals surface area contributed by atoms with Crippen molar-refractivity contribution in [3.8, 4) is 17.6 Å². The number of rotatable bonds is 6. The van der Waals surface area contributed by atoms with E-state index in [0.29, 0.717) is 11.4 Å². The fourth-order valence-electron chi connectivity index (χ4n) is 2.68. The molecular weight excluding hydrogens is 340 g/mol. The predicted molar refractivity (Wildman–Crippen MR) is 107 cm³/mol. The summed E-state index contributed by atoms with van der Waals surface area (Å²) in [6, 6.07) is 12.8. The highest BCUT2D eigenvalue weighted by Gasteiger charge is 2.14. The van der Waals surface area contributed by atoms with Gasteiger partial charge in [-0.2, -0.15) is 5.26 Å². The average Bonchev–Trinajstić information content (AvgIpc) is 2.66. The summed E-state index contributed by atoms with van der Waals surface area (Å²) in [5, 5.41) is 12.2. The first kappa shape index (κ1) is 20.1. The van der Waals surface area contributed by atoms with Gasteiger partial charge in [-0.25, -0.2) is 0 Å². The van der Waals surface area contributed by atoms with Crippen LogP contribution in [-0.4, -0.2) is 20.1 Å². The third-order valence-electron chi connectivity index (χ3n) is 4.25. The summed E-state index contributed by atoms with van der Waals surface area (Å²) in [6.07, 6.45) is 1.61. The first-order chi connectivity index (χ1) is 12.9. The summed E-state index contributed by atoms with van der Waals surface area (Å²) in [6.45, 7) is 6.07. The van der Waals surface area contributed by atoms with Crippen molar-refractivity contribution < 1.29 is 14.3 Å². The van der Waals surface area contributed by atoms with Crippen LogP contribution in [0.1, 0.15) is 36.5 Å². The molecule has 1 N–H and O–H groups in total. The molecule has 0 radical (unpaired) electrons. The van der Waals surface area contributed by atoms with Gasteiger partial charge in [-0.1, -0.05) is 13.8 Å². The zero-order valence-electron chi connectivity index (χ0n) is 16.3. The molecule has 5 nitrogen and oxygen atoms in total. The van der Waals surface area contributed by atoms with Gasteiger partial charge in [-0.3, -0.25) is 4.79 Å². The maximum Gasteiger partial charge on any atom is 0.266 e. The summed E-state index contributed by atoms with van der Waals surface area (Å²) in [5.41, 5.74) is 3.41. The number of hydrogen-bond donors (Lipinski definition) is 1. The minimum atomic E-state index is -0.455. The zero-order valence-corrected chi connectivity index (χ0v) is 16.3. The molecule has 2 rings (SSSR count). The maximum absolute atomic E-state index is 12.5. The minimum absolute atomic E-state index is 0.0359. The van der Waals surface area contributed by atoms with Gasteiger partial charge < -0.3 is 14.8 Å². The zero-order chi connectivity index (χ0) is 20.0. The Morgan fingerprint density at radius 2 is 1.81 bits per heavy atom. The van der Waals surface area contributed by atoms with Gasteiger partial charge in [0.05, 0.1) is 14.2 Å². The molecule has 0 aliphatic carbocycles. The molecule has 2 aromatic carbocycles. The van der Waals surface area contributed by atoms with Crippen molar-refractivity contribution in [2.75, 3.05) is 19.5 Å². The first-order valence-corrected chi connectivity index (χ1v) is 8.65. The summed E-state index contributed by atoms with van der Waals surface area (Å²) in [5.74, 6) is 1.30. The molecule has 0 saturated carbocycles. The fraction of sp³-hybridized carbons (Fsp3) is 0.273. The van der Waals surface area contributed by atoms with Crippen LogP contribution in [-0.2, 0) is 4.79 Å². The lowest BCUT2D eigenvalue weighted by Gasteiger charge is -2.15. The van der Waals surface area contributed by atoms with Crippen molar-refractivity contribution in [2.24, 2.45) is 0 Å². The fourth-order valence-corrected chi connectivity index (χ4v) is 2.68. The Balaban J connectivity index is 2.32. The second kappa shape index (κ2) is 8.91. The van der Waals surface area contributed by atoms with Gasteiger partial charge in [0, 0.05) is 5.69 Å². The van der Waals surface area contributed by atoms with Crippen molar-refractivity contribution in [3.05, 3.63) is 58.7 Å². The molecule has 0 heterocycles. The van der Waals surface area contributed by atoms with Crippen molar-refractivity contribution >= 4 is 17.7 Å². The molecule has 0 aliphatic rings. The molecule has 2 aromatic rings. The molecule has 140 valence electrons. The Morgan fingerprint density at radius 3 is 2.33 bits per heavy atom. The predicted octanol–water partition coefficient (Wildman–Crippen LogP) is 4.68. The first-order valence-electron chi connectivity index (χ1n) is 8.65. The van der Waals surface area contributed by atoms with Gasteiger partial charge in [0.25, 0.3) is 5.91 Å². The summed E-state index contributed by atoms with van der Waals surface area (Å²) >= 11 is 0. The number of nitrogens with zero attached hydrogens (tertiary/aromatic N) is 1. The number of hydrogen-bond acceptors (Lipinski definition) is 4.